The minimum absolute atomic E-state index is 0. The van der Waals surface area contributed by atoms with Crippen LogP contribution in [0.25, 0.3) is 0 Å². The number of guanidine groups is 1. The summed E-state index contributed by atoms with van der Waals surface area (Å²) >= 11 is 0. The van der Waals surface area contributed by atoms with E-state index in [1.54, 1.807) is 6.26 Å². The average molecular weight is 449 g/mol. The van der Waals surface area contributed by atoms with Gasteiger partial charge in [0, 0.05) is 25.6 Å². The molecular formula is C18H32IN3O2. The third-order valence-corrected chi connectivity index (χ3v) is 4.34. The number of ether oxygens (including phenoxy) is 1. The number of aliphatic imine (C=N–C) groups is 1. The van der Waals surface area contributed by atoms with Crippen molar-refractivity contribution in [3.63, 3.8) is 0 Å². The smallest absolute Gasteiger partial charge is 0.191 e. The molecule has 5 nitrogen and oxygen atoms in total. The van der Waals surface area contributed by atoms with Gasteiger partial charge in [-0.2, -0.15) is 0 Å². The van der Waals surface area contributed by atoms with Crippen molar-refractivity contribution < 1.29 is 9.15 Å². The molecule has 6 heteroatoms. The molecule has 0 amide bonds. The van der Waals surface area contributed by atoms with Gasteiger partial charge >= 0.3 is 0 Å². The molecule has 0 aliphatic carbocycles. The number of furan rings is 1. The number of halogens is 1. The van der Waals surface area contributed by atoms with Crippen molar-refractivity contribution in [2.24, 2.45) is 10.9 Å². The van der Waals surface area contributed by atoms with Gasteiger partial charge in [-0.15, -0.1) is 24.0 Å². The number of hydrogen-bond acceptors (Lipinski definition) is 3. The van der Waals surface area contributed by atoms with Crippen LogP contribution in [0.4, 0.5) is 0 Å². The quantitative estimate of drug-likeness (QED) is 0.380. The van der Waals surface area contributed by atoms with Crippen LogP contribution in [0.2, 0.25) is 0 Å². The van der Waals surface area contributed by atoms with Crippen LogP contribution < -0.4 is 10.6 Å². The van der Waals surface area contributed by atoms with Gasteiger partial charge in [0.25, 0.3) is 0 Å². The van der Waals surface area contributed by atoms with E-state index in [0.29, 0.717) is 12.0 Å². The van der Waals surface area contributed by atoms with Crippen molar-refractivity contribution in [3.05, 3.63) is 24.2 Å². The summed E-state index contributed by atoms with van der Waals surface area (Å²) in [6, 6.07) is 4.29. The molecule has 2 unspecified atom stereocenters. The Bertz CT molecular complexity index is 457. The average Bonchev–Trinajstić information content (AvgIpc) is 3.06. The molecule has 24 heavy (non-hydrogen) atoms. The van der Waals surface area contributed by atoms with E-state index in [9.17, 15) is 0 Å². The summed E-state index contributed by atoms with van der Waals surface area (Å²) in [6.45, 7) is 9.00. The fraction of sp³-hybridized carbons (Fsp3) is 0.722. The first kappa shape index (κ1) is 21.3. The zero-order chi connectivity index (χ0) is 16.5. The van der Waals surface area contributed by atoms with Gasteiger partial charge in [-0.05, 0) is 44.2 Å². The molecule has 1 aromatic rings. The van der Waals surface area contributed by atoms with Crippen LogP contribution in [-0.4, -0.2) is 37.8 Å². The molecule has 0 spiro atoms. The standard InChI is InChI=1S/C18H31N3O2.HI/c1-14(2)15(3)21-18(19-10-9-16-8-6-12-22-16)20-13-17-7-4-5-11-23-17;/h6,8,12,14-15,17H,4-5,7,9-11,13H2,1-3H3,(H2,19,20,21);1H. The van der Waals surface area contributed by atoms with Gasteiger partial charge in [-0.3, -0.25) is 4.99 Å². The summed E-state index contributed by atoms with van der Waals surface area (Å²) in [6.07, 6.45) is 6.37. The lowest BCUT2D eigenvalue weighted by molar-refractivity contribution is 0.0224. The summed E-state index contributed by atoms with van der Waals surface area (Å²) < 4.78 is 11.1. The highest BCUT2D eigenvalue weighted by molar-refractivity contribution is 14.0. The molecule has 0 bridgehead atoms. The maximum absolute atomic E-state index is 5.77. The Morgan fingerprint density at radius 3 is 2.79 bits per heavy atom. The van der Waals surface area contributed by atoms with E-state index in [1.165, 1.54) is 12.8 Å². The number of nitrogens with zero attached hydrogens (tertiary/aromatic N) is 1. The molecule has 2 N–H and O–H groups in total. The van der Waals surface area contributed by atoms with Gasteiger partial charge in [-0.25, -0.2) is 0 Å². The maximum Gasteiger partial charge on any atom is 0.191 e. The van der Waals surface area contributed by atoms with Gasteiger partial charge < -0.3 is 19.8 Å². The van der Waals surface area contributed by atoms with Crippen molar-refractivity contribution >= 4 is 29.9 Å². The second-order valence-corrected chi connectivity index (χ2v) is 6.61. The van der Waals surface area contributed by atoms with Gasteiger partial charge in [-0.1, -0.05) is 13.8 Å². The van der Waals surface area contributed by atoms with E-state index in [1.807, 2.05) is 12.1 Å². The van der Waals surface area contributed by atoms with Crippen LogP contribution in [-0.2, 0) is 11.2 Å². The summed E-state index contributed by atoms with van der Waals surface area (Å²) in [5.74, 6) is 2.41. The first-order valence-corrected chi connectivity index (χ1v) is 8.84. The number of rotatable bonds is 7. The summed E-state index contributed by atoms with van der Waals surface area (Å²) in [7, 11) is 0. The summed E-state index contributed by atoms with van der Waals surface area (Å²) in [5.41, 5.74) is 0. The molecule has 0 saturated carbocycles. The SMILES string of the molecule is CC(C)C(C)NC(=NCC1CCCCO1)NCCc1ccco1.I. The molecule has 1 saturated heterocycles. The Hall–Kier alpha value is -0.760. The minimum Gasteiger partial charge on any atom is -0.469 e. The Balaban J connectivity index is 0.00000288. The summed E-state index contributed by atoms with van der Waals surface area (Å²) in [4.78, 5) is 4.73. The second kappa shape index (κ2) is 11.7. The predicted molar refractivity (Wildman–Crippen MR) is 109 cm³/mol. The lowest BCUT2D eigenvalue weighted by Gasteiger charge is -2.23. The van der Waals surface area contributed by atoms with Crippen molar-refractivity contribution in [1.82, 2.24) is 10.6 Å². The predicted octanol–water partition coefficient (Wildman–Crippen LogP) is 3.59. The third-order valence-electron chi connectivity index (χ3n) is 4.34. The topological polar surface area (TPSA) is 58.8 Å². The minimum atomic E-state index is 0. The van der Waals surface area contributed by atoms with Gasteiger partial charge in [0.2, 0.25) is 0 Å². The van der Waals surface area contributed by atoms with Crippen LogP contribution in [0.3, 0.4) is 0 Å². The number of nitrogens with one attached hydrogen (secondary N) is 2. The first-order chi connectivity index (χ1) is 11.1. The van der Waals surface area contributed by atoms with Crippen LogP contribution >= 0.6 is 24.0 Å². The zero-order valence-corrected chi connectivity index (χ0v) is 17.4. The third kappa shape index (κ3) is 7.88. The van der Waals surface area contributed by atoms with Crippen LogP contribution in [0.5, 0.6) is 0 Å². The van der Waals surface area contributed by atoms with E-state index in [4.69, 9.17) is 14.1 Å². The molecule has 138 valence electrons. The van der Waals surface area contributed by atoms with Gasteiger partial charge in [0.05, 0.1) is 18.9 Å². The van der Waals surface area contributed by atoms with Crippen molar-refractivity contribution in [2.45, 2.75) is 58.6 Å². The van der Waals surface area contributed by atoms with Gasteiger partial charge in [0.1, 0.15) is 5.76 Å². The summed E-state index contributed by atoms with van der Waals surface area (Å²) in [5, 5.41) is 6.90. The molecule has 1 aliphatic heterocycles. The molecule has 2 atom stereocenters. The largest absolute Gasteiger partial charge is 0.469 e. The van der Waals surface area contributed by atoms with E-state index < -0.39 is 0 Å². The van der Waals surface area contributed by atoms with E-state index in [-0.39, 0.29) is 30.1 Å². The molecule has 2 heterocycles. The molecular weight excluding hydrogens is 417 g/mol. The Labute approximate surface area is 163 Å². The molecule has 0 aromatic carbocycles. The van der Waals surface area contributed by atoms with E-state index >= 15 is 0 Å². The highest BCUT2D eigenvalue weighted by Gasteiger charge is 2.14. The molecule has 2 rings (SSSR count). The van der Waals surface area contributed by atoms with Crippen LogP contribution in [0.15, 0.2) is 27.8 Å². The van der Waals surface area contributed by atoms with Crippen molar-refractivity contribution in [1.29, 1.82) is 0 Å². The number of hydrogen-bond donors (Lipinski definition) is 2. The maximum atomic E-state index is 5.77. The van der Waals surface area contributed by atoms with Crippen molar-refractivity contribution in [2.75, 3.05) is 19.7 Å². The molecule has 1 aliphatic rings. The van der Waals surface area contributed by atoms with E-state index in [0.717, 1.165) is 44.3 Å². The van der Waals surface area contributed by atoms with Crippen LogP contribution in [0.1, 0.15) is 45.8 Å². The molecule has 0 radical (unpaired) electrons. The Kier molecular flexibility index (Phi) is 10.4. The lowest BCUT2D eigenvalue weighted by atomic mass is 10.1. The molecule has 1 aromatic heterocycles. The fourth-order valence-corrected chi connectivity index (χ4v) is 2.44. The first-order valence-electron chi connectivity index (χ1n) is 8.84. The van der Waals surface area contributed by atoms with Crippen LogP contribution in [0, 0.1) is 5.92 Å². The second-order valence-electron chi connectivity index (χ2n) is 6.61. The zero-order valence-electron chi connectivity index (χ0n) is 15.1. The Morgan fingerprint density at radius 1 is 1.33 bits per heavy atom. The molecule has 1 fully saturated rings. The highest BCUT2D eigenvalue weighted by Crippen LogP contribution is 2.12. The lowest BCUT2D eigenvalue weighted by Crippen LogP contribution is -2.45. The van der Waals surface area contributed by atoms with Gasteiger partial charge in [0.15, 0.2) is 5.96 Å². The fourth-order valence-electron chi connectivity index (χ4n) is 2.44. The highest BCUT2D eigenvalue weighted by atomic mass is 127. The normalized spacial score (nSPS) is 19.7. The Morgan fingerprint density at radius 2 is 2.17 bits per heavy atom. The van der Waals surface area contributed by atoms with Crippen molar-refractivity contribution in [3.8, 4) is 0 Å². The van der Waals surface area contributed by atoms with E-state index in [2.05, 4.69) is 31.4 Å². The monoisotopic (exact) mass is 449 g/mol.